The molecule has 0 bridgehead atoms. The maximum absolute atomic E-state index is 10.9. The summed E-state index contributed by atoms with van der Waals surface area (Å²) < 4.78 is 0. The summed E-state index contributed by atoms with van der Waals surface area (Å²) in [5.41, 5.74) is 2.03. The molecule has 1 saturated carbocycles. The quantitative estimate of drug-likeness (QED) is 0.845. The van der Waals surface area contributed by atoms with E-state index < -0.39 is 5.97 Å². The van der Waals surface area contributed by atoms with E-state index in [4.69, 9.17) is 5.11 Å². The van der Waals surface area contributed by atoms with Crippen LogP contribution in [-0.2, 0) is 6.54 Å². The molecule has 1 aromatic carbocycles. The summed E-state index contributed by atoms with van der Waals surface area (Å²) in [6, 6.07) is 7.90. The van der Waals surface area contributed by atoms with Crippen molar-refractivity contribution in [2.75, 3.05) is 7.05 Å². The Morgan fingerprint density at radius 3 is 2.52 bits per heavy atom. The van der Waals surface area contributed by atoms with Gasteiger partial charge in [0.25, 0.3) is 0 Å². The molecule has 1 unspecified atom stereocenters. The van der Waals surface area contributed by atoms with Crippen LogP contribution in [-0.4, -0.2) is 29.1 Å². The van der Waals surface area contributed by atoms with Crippen LogP contribution in [0.5, 0.6) is 0 Å². The summed E-state index contributed by atoms with van der Waals surface area (Å²) in [6.45, 7) is 5.64. The number of rotatable bonds is 4. The van der Waals surface area contributed by atoms with E-state index in [2.05, 4.69) is 25.8 Å². The lowest BCUT2D eigenvalue weighted by atomic mass is 9.85. The van der Waals surface area contributed by atoms with Gasteiger partial charge in [0.1, 0.15) is 0 Å². The Balaban J connectivity index is 1.94. The van der Waals surface area contributed by atoms with Gasteiger partial charge in [0.2, 0.25) is 0 Å². The lowest BCUT2D eigenvalue weighted by molar-refractivity contribution is 0.0697. The van der Waals surface area contributed by atoms with Crippen molar-refractivity contribution >= 4 is 5.97 Å². The summed E-state index contributed by atoms with van der Waals surface area (Å²) >= 11 is 0. The van der Waals surface area contributed by atoms with Gasteiger partial charge in [-0.05, 0) is 55.8 Å². The number of carboxylic acids is 1. The van der Waals surface area contributed by atoms with E-state index >= 15 is 0 Å². The predicted molar refractivity (Wildman–Crippen MR) is 85.5 cm³/mol. The monoisotopic (exact) mass is 289 g/mol. The molecule has 1 aliphatic carbocycles. The van der Waals surface area contributed by atoms with E-state index in [0.29, 0.717) is 17.0 Å². The minimum absolute atomic E-state index is 0.359. The molecule has 21 heavy (non-hydrogen) atoms. The number of nitrogens with zero attached hydrogens (tertiary/aromatic N) is 1. The Kier molecular flexibility index (Phi) is 5.04. The van der Waals surface area contributed by atoms with Crippen molar-refractivity contribution in [2.45, 2.75) is 58.5 Å². The molecule has 1 aliphatic rings. The Bertz CT molecular complexity index is 478. The number of carbonyl (C=O) groups is 1. The van der Waals surface area contributed by atoms with Crippen molar-refractivity contribution in [2.24, 2.45) is 5.41 Å². The molecule has 0 radical (unpaired) electrons. The zero-order valence-corrected chi connectivity index (χ0v) is 13.4. The molecule has 1 fully saturated rings. The summed E-state index contributed by atoms with van der Waals surface area (Å²) in [4.78, 5) is 13.3. The minimum Gasteiger partial charge on any atom is -0.478 e. The molecule has 0 spiro atoms. The van der Waals surface area contributed by atoms with E-state index in [1.54, 1.807) is 12.1 Å². The van der Waals surface area contributed by atoms with Gasteiger partial charge in [-0.3, -0.25) is 4.90 Å². The van der Waals surface area contributed by atoms with Gasteiger partial charge < -0.3 is 5.11 Å². The van der Waals surface area contributed by atoms with Crippen LogP contribution >= 0.6 is 0 Å². The Morgan fingerprint density at radius 1 is 1.24 bits per heavy atom. The summed E-state index contributed by atoms with van der Waals surface area (Å²) in [6.07, 6.45) is 6.45. The fourth-order valence-corrected chi connectivity index (χ4v) is 3.25. The van der Waals surface area contributed by atoms with Crippen molar-refractivity contribution < 1.29 is 9.90 Å². The normalized spacial score (nSPS) is 22.0. The van der Waals surface area contributed by atoms with Crippen molar-refractivity contribution in [3.63, 3.8) is 0 Å². The highest BCUT2D eigenvalue weighted by Crippen LogP contribution is 2.35. The first-order valence-corrected chi connectivity index (χ1v) is 7.90. The number of carboxylic acid groups (broad SMARTS) is 1. The molecule has 0 aromatic heterocycles. The van der Waals surface area contributed by atoms with Gasteiger partial charge in [0.05, 0.1) is 5.56 Å². The third-order valence-corrected chi connectivity index (χ3v) is 4.80. The summed E-state index contributed by atoms with van der Waals surface area (Å²) in [5, 5.41) is 8.93. The first kappa shape index (κ1) is 16.0. The smallest absolute Gasteiger partial charge is 0.335 e. The first-order valence-electron chi connectivity index (χ1n) is 7.90. The first-order chi connectivity index (χ1) is 9.87. The van der Waals surface area contributed by atoms with Gasteiger partial charge >= 0.3 is 5.97 Å². The van der Waals surface area contributed by atoms with Crippen molar-refractivity contribution in [3.8, 4) is 0 Å². The van der Waals surface area contributed by atoms with Crippen LogP contribution in [0.3, 0.4) is 0 Å². The average Bonchev–Trinajstić information content (AvgIpc) is 2.60. The summed E-state index contributed by atoms with van der Waals surface area (Å²) in [7, 11) is 2.19. The van der Waals surface area contributed by atoms with Crippen LogP contribution in [0.15, 0.2) is 24.3 Å². The zero-order valence-electron chi connectivity index (χ0n) is 13.4. The predicted octanol–water partition coefficient (Wildman–Crippen LogP) is 4.18. The van der Waals surface area contributed by atoms with Crippen molar-refractivity contribution in [1.29, 1.82) is 0 Å². The standard InChI is InChI=1S/C18H27NO2/c1-18(2)11-4-5-16(10-12-18)19(3)13-14-6-8-15(9-7-14)17(20)21/h6-9,16H,4-5,10-13H2,1-3H3,(H,20,21). The lowest BCUT2D eigenvalue weighted by Crippen LogP contribution is -2.31. The Labute approximate surface area is 128 Å². The fraction of sp³-hybridized carbons (Fsp3) is 0.611. The fourth-order valence-electron chi connectivity index (χ4n) is 3.25. The highest BCUT2D eigenvalue weighted by molar-refractivity contribution is 5.87. The number of aromatic carboxylic acids is 1. The molecule has 0 saturated heterocycles. The maximum Gasteiger partial charge on any atom is 0.335 e. The second-order valence-corrected chi connectivity index (χ2v) is 7.17. The van der Waals surface area contributed by atoms with Gasteiger partial charge in [0, 0.05) is 12.6 Å². The van der Waals surface area contributed by atoms with E-state index in [1.165, 1.54) is 37.7 Å². The van der Waals surface area contributed by atoms with Gasteiger partial charge in [0.15, 0.2) is 0 Å². The van der Waals surface area contributed by atoms with Gasteiger partial charge in [-0.25, -0.2) is 4.79 Å². The number of benzene rings is 1. The molecule has 2 rings (SSSR count). The van der Waals surface area contributed by atoms with Crippen LogP contribution < -0.4 is 0 Å². The molecule has 1 aromatic rings. The third kappa shape index (κ3) is 4.57. The molecule has 3 heteroatoms. The third-order valence-electron chi connectivity index (χ3n) is 4.80. The molecular formula is C18H27NO2. The molecule has 0 heterocycles. The minimum atomic E-state index is -0.860. The largest absolute Gasteiger partial charge is 0.478 e. The lowest BCUT2D eigenvalue weighted by Gasteiger charge is -2.28. The second kappa shape index (κ2) is 6.61. The molecule has 0 aliphatic heterocycles. The number of hydrogen-bond donors (Lipinski definition) is 1. The van der Waals surface area contributed by atoms with E-state index in [9.17, 15) is 4.79 Å². The van der Waals surface area contributed by atoms with Crippen LogP contribution in [0, 0.1) is 5.41 Å². The topological polar surface area (TPSA) is 40.5 Å². The van der Waals surface area contributed by atoms with Crippen LogP contribution in [0.25, 0.3) is 0 Å². The molecule has 1 N–H and O–H groups in total. The Morgan fingerprint density at radius 2 is 1.90 bits per heavy atom. The molecule has 0 amide bonds. The molecule has 3 nitrogen and oxygen atoms in total. The van der Waals surface area contributed by atoms with E-state index in [0.717, 1.165) is 6.54 Å². The van der Waals surface area contributed by atoms with E-state index in [1.807, 2.05) is 12.1 Å². The van der Waals surface area contributed by atoms with Crippen molar-refractivity contribution in [3.05, 3.63) is 35.4 Å². The maximum atomic E-state index is 10.9. The van der Waals surface area contributed by atoms with Gasteiger partial charge in [-0.2, -0.15) is 0 Å². The van der Waals surface area contributed by atoms with E-state index in [-0.39, 0.29) is 0 Å². The second-order valence-electron chi connectivity index (χ2n) is 7.17. The molecule has 116 valence electrons. The van der Waals surface area contributed by atoms with Crippen molar-refractivity contribution in [1.82, 2.24) is 4.90 Å². The molecule has 1 atom stereocenters. The van der Waals surface area contributed by atoms with Crippen LogP contribution in [0.4, 0.5) is 0 Å². The Hall–Kier alpha value is -1.35. The molecular weight excluding hydrogens is 262 g/mol. The SMILES string of the molecule is CN(Cc1ccc(C(=O)O)cc1)C1CCCC(C)(C)CC1. The number of hydrogen-bond acceptors (Lipinski definition) is 2. The highest BCUT2D eigenvalue weighted by atomic mass is 16.4. The van der Waals surface area contributed by atoms with Crippen LogP contribution in [0.1, 0.15) is 61.9 Å². The van der Waals surface area contributed by atoms with Gasteiger partial charge in [-0.1, -0.05) is 32.4 Å². The average molecular weight is 289 g/mol. The summed E-state index contributed by atoms with van der Waals surface area (Å²) in [5.74, 6) is -0.860. The van der Waals surface area contributed by atoms with Gasteiger partial charge in [-0.15, -0.1) is 0 Å². The highest BCUT2D eigenvalue weighted by Gasteiger charge is 2.26. The zero-order chi connectivity index (χ0) is 15.5. The van der Waals surface area contributed by atoms with Crippen LogP contribution in [0.2, 0.25) is 0 Å².